The first kappa shape index (κ1) is 20.8. The van der Waals surface area contributed by atoms with E-state index in [1.165, 1.54) is 12.6 Å². The molecular weight excluding hydrogens is 402 g/mol. The number of carbonyl (C=O) groups is 2. The lowest BCUT2D eigenvalue weighted by molar-refractivity contribution is -0.123. The maximum atomic E-state index is 12.8. The second-order valence-corrected chi connectivity index (χ2v) is 9.04. The molecule has 1 aliphatic heterocycles. The fourth-order valence-electron chi connectivity index (χ4n) is 4.61. The molecule has 3 heterocycles. The Kier molecular flexibility index (Phi) is 6.09. The lowest BCUT2D eigenvalue weighted by atomic mass is 9.85. The topological polar surface area (TPSA) is 88.9 Å². The van der Waals surface area contributed by atoms with Crippen molar-refractivity contribution in [3.05, 3.63) is 29.2 Å². The number of hydrogen-bond acceptors (Lipinski definition) is 4. The SMILES string of the molecule is CC(=O)N[C@@H]1CCC[C@@H](C(=O)Nc2cc(-c3cnn4c3CCC(C)C4)c(Cl)cn2)C1. The first-order valence-corrected chi connectivity index (χ1v) is 11.1. The number of amides is 2. The van der Waals surface area contributed by atoms with Crippen molar-refractivity contribution in [1.82, 2.24) is 20.1 Å². The van der Waals surface area contributed by atoms with E-state index < -0.39 is 0 Å². The Balaban J connectivity index is 1.50. The van der Waals surface area contributed by atoms with Gasteiger partial charge in [-0.1, -0.05) is 24.9 Å². The van der Waals surface area contributed by atoms with Gasteiger partial charge in [0.25, 0.3) is 0 Å². The maximum Gasteiger partial charge on any atom is 0.228 e. The Labute approximate surface area is 181 Å². The zero-order chi connectivity index (χ0) is 21.3. The summed E-state index contributed by atoms with van der Waals surface area (Å²) < 4.78 is 2.06. The third kappa shape index (κ3) is 4.51. The average molecular weight is 430 g/mol. The first-order valence-electron chi connectivity index (χ1n) is 10.7. The molecule has 7 nitrogen and oxygen atoms in total. The van der Waals surface area contributed by atoms with Gasteiger partial charge in [-0.15, -0.1) is 0 Å². The van der Waals surface area contributed by atoms with E-state index in [1.54, 1.807) is 6.20 Å². The van der Waals surface area contributed by atoms with Crippen molar-refractivity contribution in [1.29, 1.82) is 0 Å². The molecule has 0 radical (unpaired) electrons. The zero-order valence-electron chi connectivity index (χ0n) is 17.4. The van der Waals surface area contributed by atoms with Gasteiger partial charge >= 0.3 is 0 Å². The van der Waals surface area contributed by atoms with E-state index in [1.807, 2.05) is 12.3 Å². The summed E-state index contributed by atoms with van der Waals surface area (Å²) in [6, 6.07) is 1.90. The summed E-state index contributed by atoms with van der Waals surface area (Å²) in [4.78, 5) is 28.5. The summed E-state index contributed by atoms with van der Waals surface area (Å²) in [6.45, 7) is 4.66. The van der Waals surface area contributed by atoms with Crippen molar-refractivity contribution in [2.45, 2.75) is 65.0 Å². The van der Waals surface area contributed by atoms with Crippen molar-refractivity contribution in [2.24, 2.45) is 11.8 Å². The van der Waals surface area contributed by atoms with E-state index >= 15 is 0 Å². The largest absolute Gasteiger partial charge is 0.354 e. The summed E-state index contributed by atoms with van der Waals surface area (Å²) in [7, 11) is 0. The summed E-state index contributed by atoms with van der Waals surface area (Å²) >= 11 is 6.46. The standard InChI is InChI=1S/C22H28ClN5O2/c1-13-6-7-20-18(10-25-28(20)12-13)17-9-21(24-11-19(17)23)27-22(30)15-4-3-5-16(8-15)26-14(2)29/h9-11,13,15-16H,3-8,12H2,1-2H3,(H,26,29)(H,24,27,30)/t13?,15-,16-/m1/s1. The highest BCUT2D eigenvalue weighted by molar-refractivity contribution is 6.33. The van der Waals surface area contributed by atoms with E-state index in [9.17, 15) is 9.59 Å². The molecule has 2 N–H and O–H groups in total. The van der Waals surface area contributed by atoms with Gasteiger partial charge in [-0.05, 0) is 44.1 Å². The molecule has 0 aromatic carbocycles. The monoisotopic (exact) mass is 429 g/mol. The molecule has 2 aliphatic rings. The van der Waals surface area contributed by atoms with Crippen molar-refractivity contribution in [3.63, 3.8) is 0 Å². The predicted octanol–water partition coefficient (Wildman–Crippen LogP) is 3.81. The van der Waals surface area contributed by atoms with Crippen LogP contribution in [-0.2, 0) is 22.6 Å². The lowest BCUT2D eigenvalue weighted by Crippen LogP contribution is -2.40. The van der Waals surface area contributed by atoms with Crippen LogP contribution in [-0.4, -0.2) is 32.6 Å². The van der Waals surface area contributed by atoms with Gasteiger partial charge in [0.2, 0.25) is 11.8 Å². The van der Waals surface area contributed by atoms with E-state index in [0.717, 1.165) is 49.8 Å². The molecule has 1 aliphatic carbocycles. The number of nitrogens with zero attached hydrogens (tertiary/aromatic N) is 3. The van der Waals surface area contributed by atoms with Crippen LogP contribution in [0.3, 0.4) is 0 Å². The molecule has 2 amide bonds. The zero-order valence-corrected chi connectivity index (χ0v) is 18.2. The Morgan fingerprint density at radius 1 is 1.20 bits per heavy atom. The highest BCUT2D eigenvalue weighted by Gasteiger charge is 2.28. The molecule has 0 bridgehead atoms. The molecule has 1 saturated carbocycles. The van der Waals surface area contributed by atoms with Crippen LogP contribution in [0.4, 0.5) is 5.82 Å². The van der Waals surface area contributed by atoms with Gasteiger partial charge in [-0.3, -0.25) is 14.3 Å². The second kappa shape index (κ2) is 8.76. The molecule has 1 unspecified atom stereocenters. The molecule has 3 atom stereocenters. The molecule has 4 rings (SSSR count). The van der Waals surface area contributed by atoms with Crippen LogP contribution in [0.25, 0.3) is 11.1 Å². The van der Waals surface area contributed by atoms with Gasteiger partial charge in [0, 0.05) is 48.4 Å². The number of fused-ring (bicyclic) bond motifs is 1. The number of halogens is 1. The van der Waals surface area contributed by atoms with Crippen LogP contribution >= 0.6 is 11.6 Å². The van der Waals surface area contributed by atoms with Crippen molar-refractivity contribution in [3.8, 4) is 11.1 Å². The van der Waals surface area contributed by atoms with Crippen molar-refractivity contribution >= 4 is 29.2 Å². The lowest BCUT2D eigenvalue weighted by Gasteiger charge is -2.28. The van der Waals surface area contributed by atoms with Crippen molar-refractivity contribution < 1.29 is 9.59 Å². The predicted molar refractivity (Wildman–Crippen MR) is 116 cm³/mol. The Bertz CT molecular complexity index is 957. The highest BCUT2D eigenvalue weighted by Crippen LogP contribution is 2.35. The maximum absolute atomic E-state index is 12.8. The van der Waals surface area contributed by atoms with Gasteiger partial charge in [0.15, 0.2) is 0 Å². The molecule has 160 valence electrons. The van der Waals surface area contributed by atoms with Gasteiger partial charge in [0.1, 0.15) is 5.82 Å². The molecule has 8 heteroatoms. The van der Waals surface area contributed by atoms with Crippen LogP contribution in [0.5, 0.6) is 0 Å². The van der Waals surface area contributed by atoms with E-state index in [2.05, 4.69) is 32.3 Å². The minimum atomic E-state index is -0.137. The number of nitrogens with one attached hydrogen (secondary N) is 2. The number of carbonyl (C=O) groups excluding carboxylic acids is 2. The van der Waals surface area contributed by atoms with Crippen LogP contribution in [0.1, 0.15) is 51.6 Å². The number of pyridine rings is 1. The summed E-state index contributed by atoms with van der Waals surface area (Å²) in [6.07, 6.45) is 8.84. The van der Waals surface area contributed by atoms with Crippen LogP contribution in [0.2, 0.25) is 5.02 Å². The van der Waals surface area contributed by atoms with E-state index in [-0.39, 0.29) is 23.8 Å². The minimum absolute atomic E-state index is 0.0519. The Morgan fingerprint density at radius 3 is 2.83 bits per heavy atom. The first-order chi connectivity index (χ1) is 14.4. The van der Waals surface area contributed by atoms with E-state index in [0.29, 0.717) is 23.2 Å². The second-order valence-electron chi connectivity index (χ2n) is 8.63. The normalized spacial score (nSPS) is 23.5. The van der Waals surface area contributed by atoms with Crippen LogP contribution in [0.15, 0.2) is 18.5 Å². The molecule has 0 saturated heterocycles. The smallest absolute Gasteiger partial charge is 0.228 e. The van der Waals surface area contributed by atoms with E-state index in [4.69, 9.17) is 11.6 Å². The van der Waals surface area contributed by atoms with Gasteiger partial charge < -0.3 is 10.6 Å². The van der Waals surface area contributed by atoms with Crippen LogP contribution in [0, 0.1) is 11.8 Å². The molecule has 0 spiro atoms. The molecule has 1 fully saturated rings. The Hall–Kier alpha value is -2.41. The molecule has 2 aromatic heterocycles. The molecular formula is C22H28ClN5O2. The fraction of sp³-hybridized carbons (Fsp3) is 0.545. The molecule has 30 heavy (non-hydrogen) atoms. The highest BCUT2D eigenvalue weighted by atomic mass is 35.5. The van der Waals surface area contributed by atoms with Gasteiger partial charge in [-0.25, -0.2) is 4.98 Å². The molecule has 2 aromatic rings. The van der Waals surface area contributed by atoms with Gasteiger partial charge in [-0.2, -0.15) is 5.10 Å². The number of hydrogen-bond donors (Lipinski definition) is 2. The summed E-state index contributed by atoms with van der Waals surface area (Å²) in [5.74, 6) is 0.859. The number of anilines is 1. The average Bonchev–Trinajstić information content (AvgIpc) is 3.12. The Morgan fingerprint density at radius 2 is 2.03 bits per heavy atom. The van der Waals surface area contributed by atoms with Crippen LogP contribution < -0.4 is 10.6 Å². The summed E-state index contributed by atoms with van der Waals surface area (Å²) in [5, 5.41) is 11.0. The third-order valence-electron chi connectivity index (χ3n) is 6.16. The summed E-state index contributed by atoms with van der Waals surface area (Å²) in [5.41, 5.74) is 3.04. The van der Waals surface area contributed by atoms with Crippen molar-refractivity contribution in [2.75, 3.05) is 5.32 Å². The minimum Gasteiger partial charge on any atom is -0.354 e. The fourth-order valence-corrected chi connectivity index (χ4v) is 4.82. The third-order valence-corrected chi connectivity index (χ3v) is 6.46. The van der Waals surface area contributed by atoms with Gasteiger partial charge in [0.05, 0.1) is 11.2 Å². The number of rotatable bonds is 4. The number of aromatic nitrogens is 3. The quantitative estimate of drug-likeness (QED) is 0.773.